The molecule has 1 aliphatic carbocycles. The molecule has 134 valence electrons. The van der Waals surface area contributed by atoms with Gasteiger partial charge in [-0.1, -0.05) is 12.8 Å². The second-order valence-corrected chi connectivity index (χ2v) is 6.69. The molecule has 1 saturated carbocycles. The van der Waals surface area contributed by atoms with Crippen molar-refractivity contribution in [2.24, 2.45) is 10.9 Å². The molecule has 2 aliphatic rings. The second kappa shape index (κ2) is 10.3. The van der Waals surface area contributed by atoms with Crippen molar-refractivity contribution in [3.8, 4) is 0 Å². The number of carbonyl (C=O) groups is 1. The molecule has 0 unspecified atom stereocenters. The first-order valence-electron chi connectivity index (χ1n) is 8.55. The number of nitrogens with one attached hydrogen (secondary N) is 2. The minimum Gasteiger partial charge on any atom is -0.356 e. The standard InChI is InChI=1S/C16H31N5O.HI/c1-13(2)19-15(22)12-20-8-10-21(11-9-20)16(17-3)18-7-6-14-4-5-14;/h13-14H,4-12H2,1-3H3,(H,17,18)(H,19,22);1H. The van der Waals surface area contributed by atoms with Gasteiger partial charge in [-0.05, 0) is 26.2 Å². The molecule has 2 N–H and O–H groups in total. The van der Waals surface area contributed by atoms with Gasteiger partial charge in [-0.15, -0.1) is 24.0 Å². The van der Waals surface area contributed by atoms with Gasteiger partial charge < -0.3 is 15.5 Å². The molecule has 1 heterocycles. The lowest BCUT2D eigenvalue weighted by Gasteiger charge is -2.36. The van der Waals surface area contributed by atoms with E-state index in [2.05, 4.69) is 25.4 Å². The lowest BCUT2D eigenvalue weighted by atomic mass is 10.3. The van der Waals surface area contributed by atoms with Crippen LogP contribution in [0.1, 0.15) is 33.1 Å². The smallest absolute Gasteiger partial charge is 0.234 e. The van der Waals surface area contributed by atoms with Crippen LogP contribution in [0.25, 0.3) is 0 Å². The Kier molecular flexibility index (Phi) is 9.19. The van der Waals surface area contributed by atoms with Crippen LogP contribution in [0.2, 0.25) is 0 Å². The van der Waals surface area contributed by atoms with Crippen LogP contribution in [0.15, 0.2) is 4.99 Å². The minimum atomic E-state index is 0. The molecule has 0 aromatic carbocycles. The number of aliphatic imine (C=N–C) groups is 1. The Hall–Kier alpha value is -0.570. The predicted octanol–water partition coefficient (Wildman–Crippen LogP) is 1.12. The molecule has 23 heavy (non-hydrogen) atoms. The van der Waals surface area contributed by atoms with Crippen molar-refractivity contribution in [3.05, 3.63) is 0 Å². The van der Waals surface area contributed by atoms with Crippen molar-refractivity contribution in [1.82, 2.24) is 20.4 Å². The number of hydrogen-bond acceptors (Lipinski definition) is 3. The fraction of sp³-hybridized carbons (Fsp3) is 0.875. The topological polar surface area (TPSA) is 60.0 Å². The molecule has 1 aliphatic heterocycles. The maximum absolute atomic E-state index is 11.8. The number of halogens is 1. The van der Waals surface area contributed by atoms with Gasteiger partial charge in [-0.3, -0.25) is 14.7 Å². The Morgan fingerprint density at radius 1 is 1.22 bits per heavy atom. The van der Waals surface area contributed by atoms with Gasteiger partial charge in [0.15, 0.2) is 5.96 Å². The number of hydrogen-bond donors (Lipinski definition) is 2. The third-order valence-electron chi connectivity index (χ3n) is 4.23. The molecule has 0 aromatic heterocycles. The molecule has 0 atom stereocenters. The van der Waals surface area contributed by atoms with E-state index in [0.29, 0.717) is 6.54 Å². The molecule has 0 spiro atoms. The molecule has 0 bridgehead atoms. The molecule has 1 amide bonds. The quantitative estimate of drug-likeness (QED) is 0.372. The van der Waals surface area contributed by atoms with Crippen LogP contribution in [-0.4, -0.2) is 74.0 Å². The predicted molar refractivity (Wildman–Crippen MR) is 105 cm³/mol. The van der Waals surface area contributed by atoms with Crippen molar-refractivity contribution in [2.75, 3.05) is 46.3 Å². The van der Waals surface area contributed by atoms with E-state index in [4.69, 9.17) is 0 Å². The molecule has 1 saturated heterocycles. The summed E-state index contributed by atoms with van der Waals surface area (Å²) in [7, 11) is 1.85. The van der Waals surface area contributed by atoms with Gasteiger partial charge in [-0.25, -0.2) is 0 Å². The summed E-state index contributed by atoms with van der Waals surface area (Å²) in [6, 6.07) is 0.211. The second-order valence-electron chi connectivity index (χ2n) is 6.69. The van der Waals surface area contributed by atoms with E-state index in [-0.39, 0.29) is 35.9 Å². The van der Waals surface area contributed by atoms with Crippen molar-refractivity contribution < 1.29 is 4.79 Å². The van der Waals surface area contributed by atoms with E-state index in [1.54, 1.807) is 0 Å². The maximum Gasteiger partial charge on any atom is 0.234 e. The average Bonchev–Trinajstić information content (AvgIpc) is 3.28. The highest BCUT2D eigenvalue weighted by Crippen LogP contribution is 2.31. The lowest BCUT2D eigenvalue weighted by molar-refractivity contribution is -0.123. The molecular formula is C16H32IN5O. The molecule has 2 fully saturated rings. The fourth-order valence-corrected chi connectivity index (χ4v) is 2.82. The van der Waals surface area contributed by atoms with E-state index in [9.17, 15) is 4.79 Å². The maximum atomic E-state index is 11.8. The Morgan fingerprint density at radius 2 is 1.87 bits per heavy atom. The van der Waals surface area contributed by atoms with Crippen molar-refractivity contribution in [2.45, 2.75) is 39.2 Å². The summed E-state index contributed by atoms with van der Waals surface area (Å²) in [5.41, 5.74) is 0. The lowest BCUT2D eigenvalue weighted by Crippen LogP contribution is -2.54. The number of guanidine groups is 1. The first-order chi connectivity index (χ1) is 10.6. The van der Waals surface area contributed by atoms with Crippen LogP contribution in [0.5, 0.6) is 0 Å². The third-order valence-corrected chi connectivity index (χ3v) is 4.23. The Bertz CT molecular complexity index is 390. The van der Waals surface area contributed by atoms with Crippen LogP contribution in [0.4, 0.5) is 0 Å². The normalized spacial score (nSPS) is 19.5. The third kappa shape index (κ3) is 7.69. The minimum absolute atomic E-state index is 0. The summed E-state index contributed by atoms with van der Waals surface area (Å²) in [6.45, 7) is 9.19. The number of rotatable bonds is 6. The van der Waals surface area contributed by atoms with Crippen molar-refractivity contribution >= 4 is 35.8 Å². The summed E-state index contributed by atoms with van der Waals surface area (Å²) in [5, 5.41) is 6.42. The molecule has 0 aromatic rings. The molecule has 2 rings (SSSR count). The largest absolute Gasteiger partial charge is 0.356 e. The first-order valence-corrected chi connectivity index (χ1v) is 8.55. The van der Waals surface area contributed by atoms with E-state index in [1.165, 1.54) is 19.3 Å². The van der Waals surface area contributed by atoms with Crippen LogP contribution in [0, 0.1) is 5.92 Å². The molecule has 6 nitrogen and oxygen atoms in total. The van der Waals surface area contributed by atoms with Crippen LogP contribution in [0.3, 0.4) is 0 Å². The summed E-state index contributed by atoms with van der Waals surface area (Å²) < 4.78 is 0. The van der Waals surface area contributed by atoms with Crippen LogP contribution >= 0.6 is 24.0 Å². The Labute approximate surface area is 157 Å². The highest BCUT2D eigenvalue weighted by molar-refractivity contribution is 14.0. The van der Waals surface area contributed by atoms with Gasteiger partial charge in [0.2, 0.25) is 5.91 Å². The Morgan fingerprint density at radius 3 is 2.39 bits per heavy atom. The number of carbonyl (C=O) groups excluding carboxylic acids is 1. The van der Waals surface area contributed by atoms with E-state index < -0.39 is 0 Å². The summed E-state index contributed by atoms with van der Waals surface area (Å²) in [5.74, 6) is 2.07. The zero-order valence-electron chi connectivity index (χ0n) is 14.7. The van der Waals surface area contributed by atoms with Gasteiger partial charge in [0, 0.05) is 45.8 Å². The zero-order valence-corrected chi connectivity index (χ0v) is 17.0. The number of nitrogens with zero attached hydrogens (tertiary/aromatic N) is 3. The molecule has 0 radical (unpaired) electrons. The first kappa shape index (κ1) is 20.5. The van der Waals surface area contributed by atoms with E-state index in [1.807, 2.05) is 20.9 Å². The van der Waals surface area contributed by atoms with E-state index >= 15 is 0 Å². The van der Waals surface area contributed by atoms with Gasteiger partial charge in [-0.2, -0.15) is 0 Å². The fourth-order valence-electron chi connectivity index (χ4n) is 2.82. The molecule has 7 heteroatoms. The van der Waals surface area contributed by atoms with E-state index in [0.717, 1.165) is 44.6 Å². The van der Waals surface area contributed by atoms with Gasteiger partial charge >= 0.3 is 0 Å². The number of amides is 1. The SMILES string of the molecule is CN=C(NCCC1CC1)N1CCN(CC(=O)NC(C)C)CC1.I. The van der Waals surface area contributed by atoms with Crippen molar-refractivity contribution in [3.63, 3.8) is 0 Å². The summed E-state index contributed by atoms with van der Waals surface area (Å²) in [4.78, 5) is 20.7. The molecular weight excluding hydrogens is 405 g/mol. The summed E-state index contributed by atoms with van der Waals surface area (Å²) >= 11 is 0. The highest BCUT2D eigenvalue weighted by atomic mass is 127. The summed E-state index contributed by atoms with van der Waals surface area (Å²) in [6.07, 6.45) is 4.06. The number of piperazine rings is 1. The average molecular weight is 437 g/mol. The van der Waals surface area contributed by atoms with Crippen LogP contribution in [-0.2, 0) is 4.79 Å². The van der Waals surface area contributed by atoms with Crippen molar-refractivity contribution in [1.29, 1.82) is 0 Å². The van der Waals surface area contributed by atoms with Gasteiger partial charge in [0.05, 0.1) is 6.54 Å². The van der Waals surface area contributed by atoms with Gasteiger partial charge in [0.25, 0.3) is 0 Å². The Balaban J connectivity index is 0.00000264. The van der Waals surface area contributed by atoms with Gasteiger partial charge in [0.1, 0.15) is 0 Å². The highest BCUT2D eigenvalue weighted by Gasteiger charge is 2.23. The monoisotopic (exact) mass is 437 g/mol. The van der Waals surface area contributed by atoms with Crippen LogP contribution < -0.4 is 10.6 Å². The zero-order chi connectivity index (χ0) is 15.9.